The highest BCUT2D eigenvalue weighted by molar-refractivity contribution is 5.27. The molecule has 0 N–H and O–H groups in total. The molecule has 3 rings (SSSR count). The van der Waals surface area contributed by atoms with Crippen LogP contribution in [0.5, 0.6) is 5.75 Å². The van der Waals surface area contributed by atoms with E-state index in [0.29, 0.717) is 36.8 Å². The number of halogens is 5. The topological polar surface area (TPSA) is 9.23 Å². The first-order valence-corrected chi connectivity index (χ1v) is 10.2. The second-order valence-corrected chi connectivity index (χ2v) is 8.15. The first kappa shape index (κ1) is 21.1. The molecule has 1 aromatic rings. The fraction of sp³-hybridized carbons (Fsp3) is 0.636. The van der Waals surface area contributed by atoms with E-state index in [1.165, 1.54) is 44.6 Å². The van der Waals surface area contributed by atoms with Crippen molar-refractivity contribution in [1.82, 2.24) is 0 Å². The number of hydrogen-bond acceptors (Lipinski definition) is 1. The van der Waals surface area contributed by atoms with Crippen LogP contribution in [0.1, 0.15) is 64.7 Å². The van der Waals surface area contributed by atoms with Gasteiger partial charge in [0.05, 0.1) is 0 Å². The van der Waals surface area contributed by atoms with Crippen LogP contribution in [-0.4, -0.2) is 6.11 Å². The van der Waals surface area contributed by atoms with Crippen LogP contribution in [0, 0.1) is 35.2 Å². The third-order valence-electron chi connectivity index (χ3n) is 6.28. The number of benzene rings is 1. The van der Waals surface area contributed by atoms with Gasteiger partial charge in [-0.25, -0.2) is 13.2 Å². The maximum Gasteiger partial charge on any atom is 0.422 e. The molecule has 0 heterocycles. The molecule has 0 aromatic heterocycles. The van der Waals surface area contributed by atoms with Gasteiger partial charge in [0.1, 0.15) is 5.75 Å². The van der Waals surface area contributed by atoms with Crippen molar-refractivity contribution in [3.05, 3.63) is 41.2 Å². The summed E-state index contributed by atoms with van der Waals surface area (Å²) in [5.41, 5.74) is -0.173. The molecule has 0 amide bonds. The van der Waals surface area contributed by atoms with Crippen LogP contribution in [0.3, 0.4) is 0 Å². The van der Waals surface area contributed by atoms with Crippen molar-refractivity contribution in [1.29, 1.82) is 0 Å². The standard InChI is InChI=1S/C22H27F5O/c1-2-3-14-4-6-15(7-5-14)16-8-10-17(11-9-16)22(26,27)28-18-12-19(23)21(25)20(24)13-18/h10,12-16H,2-9,11H2,1H3/t14-,15-,16?. The van der Waals surface area contributed by atoms with Crippen LogP contribution in [0.25, 0.3) is 0 Å². The second-order valence-electron chi connectivity index (χ2n) is 8.15. The Morgan fingerprint density at radius 3 is 2.14 bits per heavy atom. The van der Waals surface area contributed by atoms with E-state index in [2.05, 4.69) is 11.7 Å². The van der Waals surface area contributed by atoms with Gasteiger partial charge in [-0.15, -0.1) is 0 Å². The molecule has 0 bridgehead atoms. The van der Waals surface area contributed by atoms with Crippen LogP contribution in [-0.2, 0) is 0 Å². The van der Waals surface area contributed by atoms with E-state index < -0.39 is 29.3 Å². The largest absolute Gasteiger partial charge is 0.429 e. The summed E-state index contributed by atoms with van der Waals surface area (Å²) < 4.78 is 72.9. The molecular formula is C22H27F5O. The molecule has 28 heavy (non-hydrogen) atoms. The zero-order valence-corrected chi connectivity index (χ0v) is 16.1. The van der Waals surface area contributed by atoms with Crippen LogP contribution in [0.2, 0.25) is 0 Å². The van der Waals surface area contributed by atoms with Crippen molar-refractivity contribution in [2.45, 2.75) is 70.8 Å². The maximum atomic E-state index is 14.4. The Balaban J connectivity index is 1.59. The molecule has 0 radical (unpaired) electrons. The molecule has 6 heteroatoms. The van der Waals surface area contributed by atoms with E-state index in [1.807, 2.05) is 0 Å². The predicted molar refractivity (Wildman–Crippen MR) is 97.7 cm³/mol. The van der Waals surface area contributed by atoms with Gasteiger partial charge in [-0.05, 0) is 49.9 Å². The number of allylic oxidation sites excluding steroid dienone is 1. The fourth-order valence-corrected chi connectivity index (χ4v) is 4.71. The lowest BCUT2D eigenvalue weighted by Crippen LogP contribution is -2.31. The Bertz CT molecular complexity index is 684. The first-order chi connectivity index (χ1) is 13.3. The molecule has 0 saturated heterocycles. The van der Waals surface area contributed by atoms with Crippen LogP contribution >= 0.6 is 0 Å². The maximum absolute atomic E-state index is 14.4. The summed E-state index contributed by atoms with van der Waals surface area (Å²) in [7, 11) is 0. The molecule has 2 aliphatic carbocycles. The van der Waals surface area contributed by atoms with Gasteiger partial charge >= 0.3 is 6.11 Å². The minimum absolute atomic E-state index is 0.173. The lowest BCUT2D eigenvalue weighted by atomic mass is 9.70. The summed E-state index contributed by atoms with van der Waals surface area (Å²) in [5.74, 6) is -3.74. The van der Waals surface area contributed by atoms with Gasteiger partial charge in [0.2, 0.25) is 0 Å². The Labute approximate surface area is 163 Å². The average molecular weight is 402 g/mol. The summed E-state index contributed by atoms with van der Waals surface area (Å²) in [6.45, 7) is 2.20. The van der Waals surface area contributed by atoms with Gasteiger partial charge in [-0.1, -0.05) is 38.7 Å². The zero-order valence-electron chi connectivity index (χ0n) is 16.1. The number of ether oxygens (including phenoxy) is 1. The summed E-state index contributed by atoms with van der Waals surface area (Å²) in [4.78, 5) is 0. The Morgan fingerprint density at radius 2 is 1.61 bits per heavy atom. The molecule has 1 unspecified atom stereocenters. The Hall–Kier alpha value is -1.59. The summed E-state index contributed by atoms with van der Waals surface area (Å²) >= 11 is 0. The van der Waals surface area contributed by atoms with Crippen molar-refractivity contribution >= 4 is 0 Å². The van der Waals surface area contributed by atoms with Gasteiger partial charge in [-0.2, -0.15) is 8.78 Å². The minimum atomic E-state index is -3.67. The smallest absolute Gasteiger partial charge is 0.422 e. The quantitative estimate of drug-likeness (QED) is 0.273. The van der Waals surface area contributed by atoms with Crippen LogP contribution in [0.15, 0.2) is 23.8 Å². The normalized spacial score (nSPS) is 26.1. The van der Waals surface area contributed by atoms with Gasteiger partial charge in [-0.3, -0.25) is 0 Å². The Kier molecular flexibility index (Phi) is 6.66. The van der Waals surface area contributed by atoms with Gasteiger partial charge in [0.25, 0.3) is 0 Å². The van der Waals surface area contributed by atoms with Gasteiger partial charge in [0.15, 0.2) is 17.5 Å². The van der Waals surface area contributed by atoms with Crippen LogP contribution < -0.4 is 4.74 Å². The summed E-state index contributed by atoms with van der Waals surface area (Å²) in [6.07, 6.45) is 6.56. The number of alkyl halides is 2. The molecule has 1 fully saturated rings. The van der Waals surface area contributed by atoms with Crippen molar-refractivity contribution in [3.63, 3.8) is 0 Å². The molecule has 156 valence electrons. The molecule has 0 aliphatic heterocycles. The van der Waals surface area contributed by atoms with E-state index >= 15 is 0 Å². The monoisotopic (exact) mass is 402 g/mol. The van der Waals surface area contributed by atoms with E-state index in [0.717, 1.165) is 5.92 Å². The molecular weight excluding hydrogens is 375 g/mol. The molecule has 1 atom stereocenters. The van der Waals surface area contributed by atoms with Gasteiger partial charge < -0.3 is 4.74 Å². The lowest BCUT2D eigenvalue weighted by molar-refractivity contribution is -0.145. The van der Waals surface area contributed by atoms with E-state index in [4.69, 9.17) is 0 Å². The third kappa shape index (κ3) is 4.87. The van der Waals surface area contributed by atoms with E-state index in [1.54, 1.807) is 0 Å². The Morgan fingerprint density at radius 1 is 0.964 bits per heavy atom. The highest BCUT2D eigenvalue weighted by Gasteiger charge is 2.40. The van der Waals surface area contributed by atoms with E-state index in [9.17, 15) is 22.0 Å². The van der Waals surface area contributed by atoms with Crippen molar-refractivity contribution in [3.8, 4) is 5.75 Å². The van der Waals surface area contributed by atoms with E-state index in [-0.39, 0.29) is 12.0 Å². The predicted octanol–water partition coefficient (Wildman–Crippen LogP) is 7.41. The molecule has 1 saturated carbocycles. The van der Waals surface area contributed by atoms with Crippen LogP contribution in [0.4, 0.5) is 22.0 Å². The highest BCUT2D eigenvalue weighted by Crippen LogP contribution is 2.43. The second kappa shape index (κ2) is 8.83. The molecule has 1 aromatic carbocycles. The van der Waals surface area contributed by atoms with Crippen molar-refractivity contribution < 1.29 is 26.7 Å². The SMILES string of the molecule is CCC[C@H]1CC[C@H](C2CC=C(C(F)(F)Oc3cc(F)c(F)c(F)c3)CC2)CC1. The number of hydrogen-bond donors (Lipinski definition) is 0. The van der Waals surface area contributed by atoms with Crippen molar-refractivity contribution in [2.75, 3.05) is 0 Å². The molecule has 1 nitrogen and oxygen atoms in total. The average Bonchev–Trinajstić information content (AvgIpc) is 2.67. The molecule has 0 spiro atoms. The van der Waals surface area contributed by atoms with Crippen molar-refractivity contribution in [2.24, 2.45) is 17.8 Å². The summed E-state index contributed by atoms with van der Waals surface area (Å²) in [5, 5.41) is 0. The fourth-order valence-electron chi connectivity index (χ4n) is 4.71. The summed E-state index contributed by atoms with van der Waals surface area (Å²) in [6, 6.07) is 0.876. The van der Waals surface area contributed by atoms with Gasteiger partial charge in [0, 0.05) is 17.7 Å². The lowest BCUT2D eigenvalue weighted by Gasteiger charge is -2.36. The minimum Gasteiger partial charge on any atom is -0.429 e. The number of rotatable bonds is 6. The highest BCUT2D eigenvalue weighted by atomic mass is 19.3. The third-order valence-corrected chi connectivity index (χ3v) is 6.28. The first-order valence-electron chi connectivity index (χ1n) is 10.2. The zero-order chi connectivity index (χ0) is 20.3. The molecule has 2 aliphatic rings.